The highest BCUT2D eigenvalue weighted by Crippen LogP contribution is 2.31. The Hall–Kier alpha value is -0.410. The van der Waals surface area contributed by atoms with Gasteiger partial charge in [0.05, 0.1) is 11.1 Å². The smallest absolute Gasteiger partial charge is 0.137 e. The summed E-state index contributed by atoms with van der Waals surface area (Å²) in [5.41, 5.74) is 0.922. The molecule has 1 fully saturated rings. The molecule has 1 nitrogen and oxygen atoms in total. The van der Waals surface area contributed by atoms with Crippen molar-refractivity contribution in [2.45, 2.75) is 6.10 Å². The minimum atomic E-state index is -0.224. The van der Waals surface area contributed by atoms with E-state index in [4.69, 9.17) is 4.74 Å². The van der Waals surface area contributed by atoms with E-state index in [0.29, 0.717) is 4.47 Å². The maximum Gasteiger partial charge on any atom is 0.137 e. The van der Waals surface area contributed by atoms with Crippen molar-refractivity contribution in [2.75, 3.05) is 6.61 Å². The Morgan fingerprint density at radius 2 is 2.27 bits per heavy atom. The maximum absolute atomic E-state index is 12.9. The van der Waals surface area contributed by atoms with Crippen molar-refractivity contribution in [3.63, 3.8) is 0 Å². The summed E-state index contributed by atoms with van der Waals surface area (Å²) in [5, 5.41) is 0. The van der Waals surface area contributed by atoms with Gasteiger partial charge in [-0.15, -0.1) is 0 Å². The molecule has 2 rings (SSSR count). The molecule has 1 aliphatic rings. The van der Waals surface area contributed by atoms with Crippen molar-refractivity contribution in [1.29, 1.82) is 0 Å². The summed E-state index contributed by atoms with van der Waals surface area (Å²) in [6.45, 7) is 0.723. The predicted molar refractivity (Wildman–Crippen MR) is 42.8 cm³/mol. The van der Waals surface area contributed by atoms with Gasteiger partial charge in [0.1, 0.15) is 11.9 Å². The molecule has 0 aromatic heterocycles. The quantitative estimate of drug-likeness (QED) is 0.658. The van der Waals surface area contributed by atoms with Gasteiger partial charge in [0.15, 0.2) is 0 Å². The molecule has 1 aliphatic heterocycles. The van der Waals surface area contributed by atoms with E-state index in [1.54, 1.807) is 6.07 Å². The van der Waals surface area contributed by atoms with E-state index in [1.165, 1.54) is 6.07 Å². The molecule has 0 N–H and O–H groups in total. The number of benzene rings is 1. The first-order chi connectivity index (χ1) is 5.27. The third kappa shape index (κ3) is 1.44. The molecule has 0 radical (unpaired) electrons. The Bertz CT molecular complexity index is 283. The highest BCUT2D eigenvalue weighted by atomic mass is 79.9. The van der Waals surface area contributed by atoms with Crippen molar-refractivity contribution in [3.05, 3.63) is 34.1 Å². The van der Waals surface area contributed by atoms with E-state index in [2.05, 4.69) is 15.9 Å². The average Bonchev–Trinajstić information content (AvgIpc) is 2.77. The molecular weight excluding hydrogens is 211 g/mol. The van der Waals surface area contributed by atoms with E-state index in [-0.39, 0.29) is 11.9 Å². The zero-order valence-corrected chi connectivity index (χ0v) is 7.27. The van der Waals surface area contributed by atoms with Crippen LogP contribution in [0.4, 0.5) is 4.39 Å². The molecule has 0 bridgehead atoms. The van der Waals surface area contributed by atoms with Crippen LogP contribution >= 0.6 is 15.9 Å². The lowest BCUT2D eigenvalue weighted by atomic mass is 10.2. The summed E-state index contributed by atoms with van der Waals surface area (Å²) in [7, 11) is 0. The SMILES string of the molecule is Fc1cc(C2CO2)ccc1Br. The lowest BCUT2D eigenvalue weighted by molar-refractivity contribution is 0.414. The molecule has 0 spiro atoms. The average molecular weight is 217 g/mol. The number of halogens is 2. The first-order valence-electron chi connectivity index (χ1n) is 3.34. The summed E-state index contributed by atoms with van der Waals surface area (Å²) in [5.74, 6) is -0.224. The Labute approximate surface area is 72.3 Å². The van der Waals surface area contributed by atoms with Crippen molar-refractivity contribution < 1.29 is 9.13 Å². The van der Waals surface area contributed by atoms with Crippen LogP contribution in [-0.2, 0) is 4.74 Å². The zero-order chi connectivity index (χ0) is 7.84. The van der Waals surface area contributed by atoms with E-state index in [0.717, 1.165) is 12.2 Å². The fourth-order valence-electron chi connectivity index (χ4n) is 0.953. The second kappa shape index (κ2) is 2.57. The minimum absolute atomic E-state index is 0.137. The fraction of sp³-hybridized carbons (Fsp3) is 0.250. The number of ether oxygens (including phenoxy) is 1. The Balaban J connectivity index is 2.36. The molecular formula is C8H6BrFO. The van der Waals surface area contributed by atoms with Gasteiger partial charge in [-0.2, -0.15) is 0 Å². The molecule has 0 aliphatic carbocycles. The van der Waals surface area contributed by atoms with Crippen molar-refractivity contribution >= 4 is 15.9 Å². The molecule has 1 heterocycles. The maximum atomic E-state index is 12.9. The molecule has 0 saturated carbocycles. The molecule has 1 unspecified atom stereocenters. The Morgan fingerprint density at radius 3 is 2.82 bits per heavy atom. The molecule has 58 valence electrons. The van der Waals surface area contributed by atoms with E-state index in [1.807, 2.05) is 6.07 Å². The highest BCUT2D eigenvalue weighted by molar-refractivity contribution is 9.10. The molecule has 1 saturated heterocycles. The summed E-state index contributed by atoms with van der Waals surface area (Å²) in [4.78, 5) is 0. The summed E-state index contributed by atoms with van der Waals surface area (Å²) >= 11 is 3.08. The topological polar surface area (TPSA) is 12.5 Å². The summed E-state index contributed by atoms with van der Waals surface area (Å²) in [6.07, 6.45) is 0.137. The van der Waals surface area contributed by atoms with Crippen molar-refractivity contribution in [3.8, 4) is 0 Å². The van der Waals surface area contributed by atoms with Gasteiger partial charge < -0.3 is 4.74 Å². The van der Waals surface area contributed by atoms with Gasteiger partial charge >= 0.3 is 0 Å². The Morgan fingerprint density at radius 1 is 1.55 bits per heavy atom. The third-order valence-corrected chi connectivity index (χ3v) is 2.29. The molecule has 3 heteroatoms. The van der Waals surface area contributed by atoms with Gasteiger partial charge in [-0.3, -0.25) is 0 Å². The second-order valence-electron chi connectivity index (χ2n) is 2.50. The van der Waals surface area contributed by atoms with Gasteiger partial charge in [-0.1, -0.05) is 6.07 Å². The van der Waals surface area contributed by atoms with Gasteiger partial charge in [0.2, 0.25) is 0 Å². The van der Waals surface area contributed by atoms with Gasteiger partial charge in [-0.25, -0.2) is 4.39 Å². The van der Waals surface area contributed by atoms with Crippen LogP contribution in [0.5, 0.6) is 0 Å². The highest BCUT2D eigenvalue weighted by Gasteiger charge is 2.25. The van der Waals surface area contributed by atoms with Crippen LogP contribution in [0.1, 0.15) is 11.7 Å². The summed E-state index contributed by atoms with van der Waals surface area (Å²) < 4.78 is 18.4. The van der Waals surface area contributed by atoms with Crippen LogP contribution in [0.2, 0.25) is 0 Å². The summed E-state index contributed by atoms with van der Waals surface area (Å²) in [6, 6.07) is 5.07. The monoisotopic (exact) mass is 216 g/mol. The Kier molecular flexibility index (Phi) is 1.69. The molecule has 1 aromatic carbocycles. The van der Waals surface area contributed by atoms with E-state index < -0.39 is 0 Å². The first-order valence-corrected chi connectivity index (χ1v) is 4.13. The minimum Gasteiger partial charge on any atom is -0.368 e. The normalized spacial score (nSPS) is 21.8. The van der Waals surface area contributed by atoms with Crippen LogP contribution in [-0.4, -0.2) is 6.61 Å². The van der Waals surface area contributed by atoms with Crippen molar-refractivity contribution in [1.82, 2.24) is 0 Å². The van der Waals surface area contributed by atoms with Gasteiger partial charge in [-0.05, 0) is 33.6 Å². The van der Waals surface area contributed by atoms with E-state index >= 15 is 0 Å². The number of hydrogen-bond acceptors (Lipinski definition) is 1. The fourth-order valence-corrected chi connectivity index (χ4v) is 1.20. The van der Waals surface area contributed by atoms with Crippen LogP contribution < -0.4 is 0 Å². The van der Waals surface area contributed by atoms with Crippen LogP contribution in [0.3, 0.4) is 0 Å². The largest absolute Gasteiger partial charge is 0.368 e. The molecule has 11 heavy (non-hydrogen) atoms. The molecule has 1 atom stereocenters. The van der Waals surface area contributed by atoms with Crippen LogP contribution in [0.15, 0.2) is 22.7 Å². The first kappa shape index (κ1) is 7.25. The second-order valence-corrected chi connectivity index (χ2v) is 3.35. The lowest BCUT2D eigenvalue weighted by Gasteiger charge is -1.96. The number of rotatable bonds is 1. The molecule has 1 aromatic rings. The van der Waals surface area contributed by atoms with Gasteiger partial charge in [0, 0.05) is 0 Å². The van der Waals surface area contributed by atoms with Gasteiger partial charge in [0.25, 0.3) is 0 Å². The predicted octanol–water partition coefficient (Wildman–Crippen LogP) is 2.66. The van der Waals surface area contributed by atoms with Crippen molar-refractivity contribution in [2.24, 2.45) is 0 Å². The number of epoxide rings is 1. The van der Waals surface area contributed by atoms with E-state index in [9.17, 15) is 4.39 Å². The van der Waals surface area contributed by atoms with Crippen LogP contribution in [0.25, 0.3) is 0 Å². The lowest BCUT2D eigenvalue weighted by Crippen LogP contribution is -1.83. The molecule has 0 amide bonds. The third-order valence-electron chi connectivity index (χ3n) is 1.65. The van der Waals surface area contributed by atoms with Crippen LogP contribution in [0, 0.1) is 5.82 Å². The zero-order valence-electron chi connectivity index (χ0n) is 5.68. The number of hydrogen-bond donors (Lipinski definition) is 0. The standard InChI is InChI=1S/C8H6BrFO/c9-6-2-1-5(3-7(6)10)8-4-11-8/h1-3,8H,4H2.